The molecule has 1 unspecified atom stereocenters. The minimum absolute atomic E-state index is 0.138. The van der Waals surface area contributed by atoms with Crippen LogP contribution < -0.4 is 4.74 Å². The summed E-state index contributed by atoms with van der Waals surface area (Å²) < 4.78 is 6.80. The molecule has 1 saturated carbocycles. The molecule has 1 fully saturated rings. The van der Waals surface area contributed by atoms with Gasteiger partial charge in [-0.25, -0.2) is 0 Å². The fourth-order valence-electron chi connectivity index (χ4n) is 6.56. The molecule has 2 aliphatic carbocycles. The van der Waals surface area contributed by atoms with E-state index in [0.717, 1.165) is 62.2 Å². The molecule has 0 saturated heterocycles. The van der Waals surface area contributed by atoms with Crippen LogP contribution in [0.3, 0.4) is 0 Å². The molecule has 2 aromatic carbocycles. The van der Waals surface area contributed by atoms with E-state index in [1.54, 1.807) is 0 Å². The molecular formula is C34H44N2O2. The summed E-state index contributed by atoms with van der Waals surface area (Å²) in [4.78, 5) is 7.72. The third kappa shape index (κ3) is 5.67. The van der Waals surface area contributed by atoms with Gasteiger partial charge in [0.25, 0.3) is 0 Å². The Bertz CT molecular complexity index is 1220. The van der Waals surface area contributed by atoms with Crippen LogP contribution in [0.4, 0.5) is 0 Å². The highest BCUT2D eigenvalue weighted by Gasteiger charge is 2.27. The molecule has 0 amide bonds. The Morgan fingerprint density at radius 3 is 2.37 bits per heavy atom. The molecule has 0 radical (unpaired) electrons. The van der Waals surface area contributed by atoms with E-state index >= 15 is 0 Å². The maximum atomic E-state index is 10.1. The van der Waals surface area contributed by atoms with Crippen molar-refractivity contribution >= 4 is 0 Å². The second-order valence-electron chi connectivity index (χ2n) is 11.3. The number of fused-ring (bicyclic) bond motifs is 1. The molecule has 1 N–H and O–H groups in total. The number of aliphatic hydroxyl groups excluding tert-OH is 1. The van der Waals surface area contributed by atoms with E-state index in [-0.39, 0.29) is 12.2 Å². The highest BCUT2D eigenvalue weighted by molar-refractivity contribution is 5.70. The Labute approximate surface area is 229 Å². The Morgan fingerprint density at radius 1 is 0.947 bits per heavy atom. The standard InChI is InChI=1S/C34H44N2O2/c1-5-24-12-9-13-25(6-2)34(24)31-21-33(38-28-19-17-27(37)18-20-28)30(23(3)35-31)22-36(4)32-16-10-14-26-11-7-8-15-29(26)32/h7-9,11-13,15,21,27-28,32,37H,5-6,10,14,16-20,22H2,1-4H3. The summed E-state index contributed by atoms with van der Waals surface area (Å²) in [6, 6.07) is 18.2. The van der Waals surface area contributed by atoms with Crippen LogP contribution in [0.25, 0.3) is 11.3 Å². The number of pyridine rings is 1. The number of aromatic nitrogens is 1. The molecule has 3 aromatic rings. The van der Waals surface area contributed by atoms with Crippen molar-refractivity contribution in [2.75, 3.05) is 7.05 Å². The van der Waals surface area contributed by atoms with Gasteiger partial charge in [0.1, 0.15) is 5.75 Å². The van der Waals surface area contributed by atoms with Crippen molar-refractivity contribution in [1.29, 1.82) is 0 Å². The zero-order valence-electron chi connectivity index (χ0n) is 23.7. The summed E-state index contributed by atoms with van der Waals surface area (Å²) in [5.74, 6) is 0.970. The smallest absolute Gasteiger partial charge is 0.128 e. The topological polar surface area (TPSA) is 45.6 Å². The Morgan fingerprint density at radius 2 is 1.66 bits per heavy atom. The molecule has 1 aromatic heterocycles. The molecule has 4 nitrogen and oxygen atoms in total. The van der Waals surface area contributed by atoms with Gasteiger partial charge < -0.3 is 9.84 Å². The average molecular weight is 513 g/mol. The van der Waals surface area contributed by atoms with E-state index in [2.05, 4.69) is 81.2 Å². The van der Waals surface area contributed by atoms with Gasteiger partial charge in [0, 0.05) is 35.5 Å². The zero-order chi connectivity index (χ0) is 26.6. The highest BCUT2D eigenvalue weighted by Crippen LogP contribution is 2.38. The summed E-state index contributed by atoms with van der Waals surface area (Å²) in [6.07, 6.45) is 8.91. The van der Waals surface area contributed by atoms with Crippen LogP contribution in [0.1, 0.15) is 91.9 Å². The monoisotopic (exact) mass is 512 g/mol. The lowest BCUT2D eigenvalue weighted by atomic mass is 9.87. The van der Waals surface area contributed by atoms with Gasteiger partial charge >= 0.3 is 0 Å². The molecule has 202 valence electrons. The maximum absolute atomic E-state index is 10.1. The number of aryl methyl sites for hydroxylation is 4. The van der Waals surface area contributed by atoms with Crippen LogP contribution in [-0.4, -0.2) is 34.2 Å². The first-order valence-electron chi connectivity index (χ1n) is 14.7. The first-order valence-corrected chi connectivity index (χ1v) is 14.7. The molecular weight excluding hydrogens is 468 g/mol. The third-order valence-corrected chi connectivity index (χ3v) is 8.76. The van der Waals surface area contributed by atoms with Crippen LogP contribution in [0.15, 0.2) is 48.5 Å². The number of hydrogen-bond acceptors (Lipinski definition) is 4. The van der Waals surface area contributed by atoms with Crippen molar-refractivity contribution in [1.82, 2.24) is 9.88 Å². The number of rotatable bonds is 8. The van der Waals surface area contributed by atoms with Crippen molar-refractivity contribution in [2.45, 2.75) is 103 Å². The predicted molar refractivity (Wildman–Crippen MR) is 156 cm³/mol. The average Bonchev–Trinajstić information content (AvgIpc) is 2.94. The second kappa shape index (κ2) is 12.0. The number of nitrogens with zero attached hydrogens (tertiary/aromatic N) is 2. The molecule has 0 spiro atoms. The summed E-state index contributed by atoms with van der Waals surface area (Å²) in [5.41, 5.74) is 10.2. The number of benzene rings is 2. The zero-order valence-corrected chi connectivity index (χ0v) is 23.7. The molecule has 1 heterocycles. The van der Waals surface area contributed by atoms with Crippen LogP contribution >= 0.6 is 0 Å². The minimum Gasteiger partial charge on any atom is -0.490 e. The SMILES string of the molecule is CCc1cccc(CC)c1-c1cc(OC2CCC(O)CC2)c(CN(C)C2CCCc3ccccc32)c(C)n1. The summed E-state index contributed by atoms with van der Waals surface area (Å²) in [7, 11) is 2.25. The van der Waals surface area contributed by atoms with E-state index in [0.29, 0.717) is 6.04 Å². The van der Waals surface area contributed by atoms with E-state index in [1.807, 2.05) is 0 Å². The van der Waals surface area contributed by atoms with Gasteiger partial charge in [0.2, 0.25) is 0 Å². The Balaban J connectivity index is 1.52. The molecule has 38 heavy (non-hydrogen) atoms. The van der Waals surface area contributed by atoms with E-state index in [9.17, 15) is 5.11 Å². The van der Waals surface area contributed by atoms with Gasteiger partial charge in [-0.2, -0.15) is 0 Å². The minimum atomic E-state index is -0.190. The van der Waals surface area contributed by atoms with E-state index < -0.39 is 0 Å². The lowest BCUT2D eigenvalue weighted by Crippen LogP contribution is -2.29. The normalized spacial score (nSPS) is 21.4. The first kappa shape index (κ1) is 26.9. The molecule has 5 rings (SSSR count). The van der Waals surface area contributed by atoms with Crippen LogP contribution in [0.2, 0.25) is 0 Å². The summed E-state index contributed by atoms with van der Waals surface area (Å²) in [5, 5.41) is 10.1. The van der Waals surface area contributed by atoms with Crippen molar-refractivity contribution < 1.29 is 9.84 Å². The third-order valence-electron chi connectivity index (χ3n) is 8.76. The van der Waals surface area contributed by atoms with E-state index in [4.69, 9.17) is 9.72 Å². The molecule has 2 aliphatic rings. The molecule has 4 heteroatoms. The lowest BCUT2D eigenvalue weighted by Gasteiger charge is -2.34. The Hall–Kier alpha value is -2.69. The van der Waals surface area contributed by atoms with Gasteiger partial charge in [-0.15, -0.1) is 0 Å². The van der Waals surface area contributed by atoms with Gasteiger partial charge in [0.15, 0.2) is 0 Å². The maximum Gasteiger partial charge on any atom is 0.128 e. The number of hydrogen-bond donors (Lipinski definition) is 1. The quantitative estimate of drug-likeness (QED) is 0.342. The first-order chi connectivity index (χ1) is 18.5. The largest absolute Gasteiger partial charge is 0.490 e. The fraction of sp³-hybridized carbons (Fsp3) is 0.500. The highest BCUT2D eigenvalue weighted by atomic mass is 16.5. The van der Waals surface area contributed by atoms with Gasteiger partial charge in [-0.3, -0.25) is 9.88 Å². The van der Waals surface area contributed by atoms with Crippen molar-refractivity contribution in [2.24, 2.45) is 0 Å². The fourth-order valence-corrected chi connectivity index (χ4v) is 6.56. The van der Waals surface area contributed by atoms with Gasteiger partial charge in [-0.05, 0) is 94.0 Å². The van der Waals surface area contributed by atoms with E-state index in [1.165, 1.54) is 52.6 Å². The second-order valence-corrected chi connectivity index (χ2v) is 11.3. The molecule has 0 aliphatic heterocycles. The molecule has 0 bridgehead atoms. The number of aliphatic hydroxyl groups is 1. The predicted octanol–water partition coefficient (Wildman–Crippen LogP) is 7.37. The van der Waals surface area contributed by atoms with Crippen molar-refractivity contribution in [3.63, 3.8) is 0 Å². The van der Waals surface area contributed by atoms with Crippen molar-refractivity contribution in [3.05, 3.63) is 82.0 Å². The van der Waals surface area contributed by atoms with Crippen LogP contribution in [-0.2, 0) is 25.8 Å². The molecule has 1 atom stereocenters. The van der Waals surface area contributed by atoms with Crippen molar-refractivity contribution in [3.8, 4) is 17.0 Å². The summed E-state index contributed by atoms with van der Waals surface area (Å²) in [6.45, 7) is 7.40. The van der Waals surface area contributed by atoms with Gasteiger partial charge in [-0.1, -0.05) is 56.3 Å². The number of ether oxygens (including phenoxy) is 1. The van der Waals surface area contributed by atoms with Crippen LogP contribution in [0.5, 0.6) is 5.75 Å². The summed E-state index contributed by atoms with van der Waals surface area (Å²) >= 11 is 0. The van der Waals surface area contributed by atoms with Crippen LogP contribution in [0, 0.1) is 6.92 Å². The lowest BCUT2D eigenvalue weighted by molar-refractivity contribution is 0.0654. The van der Waals surface area contributed by atoms with Gasteiger partial charge in [0.05, 0.1) is 17.9 Å². The Kier molecular flexibility index (Phi) is 8.50.